The maximum atomic E-state index is 12.6. The molecular weight excluding hydrogens is 308 g/mol. The number of amides is 2. The summed E-state index contributed by atoms with van der Waals surface area (Å²) in [4.78, 5) is 34.5. The fraction of sp³-hybridized carbons (Fsp3) is 0.571. The van der Waals surface area contributed by atoms with Crippen LogP contribution in [0.15, 0.2) is 12.4 Å². The normalized spacial score (nSPS) is 15.7. The molecule has 126 valence electrons. The first-order valence-electron chi connectivity index (χ1n) is 7.39. The predicted octanol–water partition coefficient (Wildman–Crippen LogP) is 0.308. The molecule has 1 fully saturated rings. The van der Waals surface area contributed by atoms with E-state index in [0.717, 1.165) is 12.4 Å². The van der Waals surface area contributed by atoms with E-state index in [0.29, 0.717) is 39.3 Å². The van der Waals surface area contributed by atoms with Crippen LogP contribution in [0, 0.1) is 0 Å². The van der Waals surface area contributed by atoms with Gasteiger partial charge in [-0.05, 0) is 13.0 Å². The van der Waals surface area contributed by atoms with Crippen molar-refractivity contribution in [2.45, 2.75) is 13.3 Å². The van der Waals surface area contributed by atoms with Crippen molar-refractivity contribution in [2.75, 3.05) is 39.3 Å². The van der Waals surface area contributed by atoms with Crippen LogP contribution in [0.5, 0.6) is 0 Å². The molecule has 1 aliphatic rings. The summed E-state index contributed by atoms with van der Waals surface area (Å²) >= 11 is 0. The molecule has 7 nitrogen and oxygen atoms in total. The minimum Gasteiger partial charge on any atom is -0.355 e. The Labute approximate surface area is 132 Å². The van der Waals surface area contributed by atoms with Crippen molar-refractivity contribution in [3.05, 3.63) is 23.8 Å². The number of nitrogens with zero attached hydrogens (tertiary/aromatic N) is 4. The second-order valence-electron chi connectivity index (χ2n) is 5.15. The Bertz CT molecular complexity index is 562. The third kappa shape index (κ3) is 4.65. The van der Waals surface area contributed by atoms with E-state index in [2.05, 4.69) is 15.3 Å². The van der Waals surface area contributed by atoms with Crippen molar-refractivity contribution in [1.29, 1.82) is 0 Å². The van der Waals surface area contributed by atoms with Gasteiger partial charge in [0.2, 0.25) is 5.91 Å². The van der Waals surface area contributed by atoms with Crippen molar-refractivity contribution < 1.29 is 18.4 Å². The first-order valence-corrected chi connectivity index (χ1v) is 7.39. The summed E-state index contributed by atoms with van der Waals surface area (Å²) in [5.74, 6) is -0.448. The van der Waals surface area contributed by atoms with Crippen LogP contribution in [0.1, 0.15) is 29.5 Å². The molecule has 1 aliphatic heterocycles. The number of hydrogen-bond acceptors (Lipinski definition) is 5. The zero-order chi connectivity index (χ0) is 16.8. The number of likely N-dealkylation sites (N-methyl/N-ethyl adjacent to an activating group) is 1. The van der Waals surface area contributed by atoms with E-state index >= 15 is 0 Å². The average molecular weight is 327 g/mol. The second kappa shape index (κ2) is 7.91. The van der Waals surface area contributed by atoms with Gasteiger partial charge in [0.1, 0.15) is 17.7 Å². The lowest BCUT2D eigenvalue weighted by molar-refractivity contribution is -0.122. The number of rotatable bonds is 5. The van der Waals surface area contributed by atoms with Gasteiger partial charge in [-0.1, -0.05) is 0 Å². The fourth-order valence-electron chi connectivity index (χ4n) is 2.34. The Kier molecular flexibility index (Phi) is 5.91. The molecule has 0 unspecified atom stereocenters. The zero-order valence-electron chi connectivity index (χ0n) is 12.8. The molecule has 0 aliphatic carbocycles. The molecule has 0 bridgehead atoms. The highest BCUT2D eigenvalue weighted by atomic mass is 19.3. The molecule has 0 radical (unpaired) electrons. The quantitative estimate of drug-likeness (QED) is 0.842. The number of piperazine rings is 1. The van der Waals surface area contributed by atoms with E-state index in [-0.39, 0.29) is 11.6 Å². The van der Waals surface area contributed by atoms with E-state index in [1.807, 2.05) is 11.8 Å². The summed E-state index contributed by atoms with van der Waals surface area (Å²) < 4.78 is 25.3. The Balaban J connectivity index is 1.91. The molecular formula is C14H19F2N5O2. The average Bonchev–Trinajstić information content (AvgIpc) is 2.55. The van der Waals surface area contributed by atoms with Crippen LogP contribution in [0.2, 0.25) is 0 Å². The molecule has 0 aromatic carbocycles. The standard InChI is InChI=1S/C14H19F2N5O2/c1-2-17-12(22)8-20-3-5-21(6-4-20)14(23)11-7-10(13(15)16)18-9-19-11/h7,9,13H,2-6,8H2,1H3,(H,17,22). The largest absolute Gasteiger partial charge is 0.355 e. The summed E-state index contributed by atoms with van der Waals surface area (Å²) in [5, 5.41) is 2.72. The van der Waals surface area contributed by atoms with Crippen molar-refractivity contribution >= 4 is 11.8 Å². The smallest absolute Gasteiger partial charge is 0.280 e. The van der Waals surface area contributed by atoms with Gasteiger partial charge in [-0.15, -0.1) is 0 Å². The lowest BCUT2D eigenvalue weighted by Crippen LogP contribution is -2.51. The second-order valence-corrected chi connectivity index (χ2v) is 5.15. The summed E-state index contributed by atoms with van der Waals surface area (Å²) in [6, 6.07) is 1.02. The number of hydrogen-bond donors (Lipinski definition) is 1. The minimum absolute atomic E-state index is 0.0347. The zero-order valence-corrected chi connectivity index (χ0v) is 12.8. The maximum Gasteiger partial charge on any atom is 0.280 e. The molecule has 0 atom stereocenters. The van der Waals surface area contributed by atoms with Crippen LogP contribution in [0.3, 0.4) is 0 Å². The summed E-state index contributed by atoms with van der Waals surface area (Å²) in [5.41, 5.74) is -0.495. The Hall–Kier alpha value is -2.16. The maximum absolute atomic E-state index is 12.6. The van der Waals surface area contributed by atoms with Crippen molar-refractivity contribution in [1.82, 2.24) is 25.1 Å². The number of carbonyl (C=O) groups excluding carboxylic acids is 2. The van der Waals surface area contributed by atoms with Crippen LogP contribution in [0.25, 0.3) is 0 Å². The van der Waals surface area contributed by atoms with Gasteiger partial charge < -0.3 is 10.2 Å². The Morgan fingerprint density at radius 1 is 1.26 bits per heavy atom. The Morgan fingerprint density at radius 3 is 2.57 bits per heavy atom. The molecule has 2 amide bonds. The molecule has 0 spiro atoms. The van der Waals surface area contributed by atoms with E-state index < -0.39 is 18.0 Å². The van der Waals surface area contributed by atoms with Gasteiger partial charge in [-0.25, -0.2) is 18.7 Å². The molecule has 23 heavy (non-hydrogen) atoms. The highest BCUT2D eigenvalue weighted by molar-refractivity contribution is 5.92. The lowest BCUT2D eigenvalue weighted by atomic mass is 10.2. The lowest BCUT2D eigenvalue weighted by Gasteiger charge is -2.34. The van der Waals surface area contributed by atoms with E-state index in [9.17, 15) is 18.4 Å². The number of nitrogens with one attached hydrogen (secondary N) is 1. The van der Waals surface area contributed by atoms with Gasteiger partial charge in [0.25, 0.3) is 12.3 Å². The third-order valence-corrected chi connectivity index (χ3v) is 3.53. The highest BCUT2D eigenvalue weighted by Gasteiger charge is 2.24. The Morgan fingerprint density at radius 2 is 1.96 bits per heavy atom. The molecule has 1 N–H and O–H groups in total. The van der Waals surface area contributed by atoms with Gasteiger partial charge in [0, 0.05) is 32.7 Å². The molecule has 2 heterocycles. The third-order valence-electron chi connectivity index (χ3n) is 3.53. The monoisotopic (exact) mass is 327 g/mol. The van der Waals surface area contributed by atoms with Crippen LogP contribution < -0.4 is 5.32 Å². The van der Waals surface area contributed by atoms with E-state index in [1.54, 1.807) is 4.90 Å². The van der Waals surface area contributed by atoms with Crippen LogP contribution >= 0.6 is 0 Å². The summed E-state index contributed by atoms with van der Waals surface area (Å²) in [6.45, 7) is 4.67. The van der Waals surface area contributed by atoms with Crippen molar-refractivity contribution in [2.24, 2.45) is 0 Å². The van der Waals surface area contributed by atoms with Gasteiger partial charge in [-0.2, -0.15) is 0 Å². The van der Waals surface area contributed by atoms with Gasteiger partial charge in [0.05, 0.1) is 6.54 Å². The summed E-state index contributed by atoms with van der Waals surface area (Å²) in [6.07, 6.45) is -1.77. The minimum atomic E-state index is -2.74. The first kappa shape index (κ1) is 17.2. The fourth-order valence-corrected chi connectivity index (χ4v) is 2.34. The predicted molar refractivity (Wildman–Crippen MR) is 78.0 cm³/mol. The van der Waals surface area contributed by atoms with Gasteiger partial charge >= 0.3 is 0 Å². The molecule has 2 rings (SSSR count). The SMILES string of the molecule is CCNC(=O)CN1CCN(C(=O)c2cc(C(F)F)ncn2)CC1. The van der Waals surface area contributed by atoms with Gasteiger partial charge in [0.15, 0.2) is 0 Å². The van der Waals surface area contributed by atoms with E-state index in [1.165, 1.54) is 0 Å². The molecule has 1 aromatic heterocycles. The van der Waals surface area contributed by atoms with Crippen molar-refractivity contribution in [3.8, 4) is 0 Å². The van der Waals surface area contributed by atoms with Crippen LogP contribution in [0.4, 0.5) is 8.78 Å². The topological polar surface area (TPSA) is 78.4 Å². The van der Waals surface area contributed by atoms with Gasteiger partial charge in [-0.3, -0.25) is 14.5 Å². The molecule has 1 aromatic rings. The number of halogens is 2. The molecule has 9 heteroatoms. The van der Waals surface area contributed by atoms with Crippen LogP contribution in [-0.2, 0) is 4.79 Å². The number of alkyl halides is 2. The van der Waals surface area contributed by atoms with Crippen LogP contribution in [-0.4, -0.2) is 70.9 Å². The van der Waals surface area contributed by atoms with Crippen molar-refractivity contribution in [3.63, 3.8) is 0 Å². The molecule has 1 saturated heterocycles. The van der Waals surface area contributed by atoms with E-state index in [4.69, 9.17) is 0 Å². The number of aromatic nitrogens is 2. The summed E-state index contributed by atoms with van der Waals surface area (Å²) in [7, 11) is 0. The molecule has 0 saturated carbocycles. The first-order chi connectivity index (χ1) is 11.0. The highest BCUT2D eigenvalue weighted by Crippen LogP contribution is 2.16. The number of carbonyl (C=O) groups is 2.